The van der Waals surface area contributed by atoms with Crippen LogP contribution < -0.4 is 0 Å². The lowest BCUT2D eigenvalue weighted by Gasteiger charge is -2.48. The van der Waals surface area contributed by atoms with Crippen LogP contribution in [-0.4, -0.2) is 66.9 Å². The maximum atomic E-state index is 13.4. The third kappa shape index (κ3) is 8.43. The number of ether oxygens (including phenoxy) is 3. The van der Waals surface area contributed by atoms with Crippen LogP contribution in [0.25, 0.3) is 0 Å². The number of esters is 2. The van der Waals surface area contributed by atoms with Gasteiger partial charge in [-0.2, -0.15) is 0 Å². The highest BCUT2D eigenvalue weighted by Gasteiger charge is 2.61. The van der Waals surface area contributed by atoms with E-state index in [1.54, 1.807) is 60.7 Å². The lowest BCUT2D eigenvalue weighted by molar-refractivity contribution is -0.0784. The number of aliphatic hydroxyl groups is 1. The molecule has 1 saturated heterocycles. The lowest BCUT2D eigenvalue weighted by Crippen LogP contribution is -2.60. The second-order valence-electron chi connectivity index (χ2n) is 13.3. The van der Waals surface area contributed by atoms with Gasteiger partial charge in [0.1, 0.15) is 30.4 Å². The largest absolute Gasteiger partial charge is 0.459 e. The Morgan fingerprint density at radius 1 is 0.800 bits per heavy atom. The van der Waals surface area contributed by atoms with Gasteiger partial charge in [-0.25, -0.2) is 9.59 Å². The van der Waals surface area contributed by atoms with Crippen molar-refractivity contribution in [2.75, 3.05) is 6.61 Å². The molecule has 8 nitrogen and oxygen atoms in total. The van der Waals surface area contributed by atoms with Gasteiger partial charge in [0.15, 0.2) is 6.10 Å². The third-order valence-electron chi connectivity index (χ3n) is 7.83. The smallest absolute Gasteiger partial charge is 0.347 e. The molecule has 3 aromatic carbocycles. The molecule has 2 N–H and O–H groups in total. The van der Waals surface area contributed by atoms with E-state index in [9.17, 15) is 19.5 Å². The average molecular weight is 653 g/mol. The summed E-state index contributed by atoms with van der Waals surface area (Å²) in [4.78, 5) is 38.5. The molecule has 3 aromatic rings. The van der Waals surface area contributed by atoms with Gasteiger partial charge in [0.05, 0.1) is 11.1 Å². The van der Waals surface area contributed by atoms with Crippen molar-refractivity contribution in [3.05, 3.63) is 108 Å². The van der Waals surface area contributed by atoms with Crippen LogP contribution in [0.2, 0.25) is 10.1 Å². The first kappa shape index (κ1) is 34.9. The topological polar surface area (TPSA) is 112 Å². The summed E-state index contributed by atoms with van der Waals surface area (Å²) in [5, 5.41) is 10.2. The van der Waals surface area contributed by atoms with Crippen molar-refractivity contribution in [3.8, 4) is 0 Å². The van der Waals surface area contributed by atoms with Gasteiger partial charge in [-0.3, -0.25) is 0 Å². The van der Waals surface area contributed by atoms with E-state index in [1.165, 1.54) is 11.8 Å². The highest BCUT2D eigenvalue weighted by molar-refractivity contribution is 7.99. The molecule has 0 amide bonds. The quantitative estimate of drug-likeness (QED) is 0.177. The summed E-state index contributed by atoms with van der Waals surface area (Å²) in [6.07, 6.45) is -4.49. The molecule has 45 heavy (non-hydrogen) atoms. The van der Waals surface area contributed by atoms with Crippen molar-refractivity contribution in [1.29, 1.82) is 0 Å². The first-order valence-corrected chi connectivity index (χ1v) is 18.0. The van der Waals surface area contributed by atoms with Crippen LogP contribution in [0.15, 0.2) is 91.0 Å². The molecule has 242 valence electrons. The van der Waals surface area contributed by atoms with Crippen molar-refractivity contribution >= 4 is 32.3 Å². The minimum absolute atomic E-state index is 0.345. The summed E-state index contributed by atoms with van der Waals surface area (Å²) in [5.41, 5.74) is 0.972. The molecule has 1 heterocycles. The Morgan fingerprint density at radius 3 is 1.80 bits per heavy atom. The zero-order valence-electron chi connectivity index (χ0n) is 26.7. The molecule has 10 heteroatoms. The monoisotopic (exact) mass is 652 g/mol. The highest BCUT2D eigenvalue weighted by Crippen LogP contribution is 2.52. The van der Waals surface area contributed by atoms with Gasteiger partial charge in [-0.15, -0.1) is 11.8 Å². The highest BCUT2D eigenvalue weighted by atomic mass is 32.2. The molecule has 0 aromatic heterocycles. The minimum atomic E-state index is -3.69. The second-order valence-corrected chi connectivity index (χ2v) is 18.9. The van der Waals surface area contributed by atoms with Crippen LogP contribution in [-0.2, 0) is 24.4 Å². The van der Waals surface area contributed by atoms with Crippen LogP contribution >= 0.6 is 11.8 Å². The molecule has 0 radical (unpaired) electrons. The molecule has 1 fully saturated rings. The Hall–Kier alpha value is -2.99. The van der Waals surface area contributed by atoms with Gasteiger partial charge in [0.2, 0.25) is 0 Å². The summed E-state index contributed by atoms with van der Waals surface area (Å²) in [7, 11) is -3.69. The molecule has 0 saturated carbocycles. The van der Waals surface area contributed by atoms with Gasteiger partial charge in [0.25, 0.3) is 0 Å². The van der Waals surface area contributed by atoms with Crippen molar-refractivity contribution < 1.29 is 38.1 Å². The Morgan fingerprint density at radius 2 is 1.29 bits per heavy atom. The van der Waals surface area contributed by atoms with Crippen LogP contribution in [0.5, 0.6) is 0 Å². The standard InChI is InChI=1S/C35H44O8SSi/c1-34(2,3)45(39,35(4,5)6)43-29-28(27(36)22-40-31(37)25-18-12-8-13-19-25)42-33(44-23-24-16-10-7-11-17-24)30(29)41-32(38)26-20-14-9-15-21-26/h7-21,27-30,33,36,39H,22-23H2,1-6H3/t27-,28+,29+,30-,33+/m1/s1. The molecule has 0 spiro atoms. The molecule has 4 rings (SSSR count). The van der Waals surface area contributed by atoms with Crippen LogP contribution in [0.1, 0.15) is 67.8 Å². The van der Waals surface area contributed by atoms with Gasteiger partial charge < -0.3 is 28.5 Å². The van der Waals surface area contributed by atoms with E-state index < -0.39 is 67.0 Å². The van der Waals surface area contributed by atoms with Gasteiger partial charge in [-0.1, -0.05) is 108 Å². The van der Waals surface area contributed by atoms with Crippen molar-refractivity contribution in [2.45, 2.75) is 87.2 Å². The fourth-order valence-corrected chi connectivity index (χ4v) is 10.2. The minimum Gasteiger partial charge on any atom is -0.459 e. The van der Waals surface area contributed by atoms with E-state index in [0.29, 0.717) is 16.9 Å². The van der Waals surface area contributed by atoms with E-state index in [0.717, 1.165) is 5.56 Å². The van der Waals surface area contributed by atoms with Crippen LogP contribution in [0.4, 0.5) is 0 Å². The predicted molar refractivity (Wildman–Crippen MR) is 177 cm³/mol. The third-order valence-corrected chi connectivity index (χ3v) is 13.7. The second kappa shape index (κ2) is 14.6. The van der Waals surface area contributed by atoms with Gasteiger partial charge in [-0.05, 0) is 29.8 Å². The summed E-state index contributed by atoms with van der Waals surface area (Å²) < 4.78 is 24.8. The zero-order chi connectivity index (χ0) is 32.8. The Balaban J connectivity index is 1.69. The summed E-state index contributed by atoms with van der Waals surface area (Å²) in [6, 6.07) is 26.9. The first-order valence-electron chi connectivity index (χ1n) is 15.1. The van der Waals surface area contributed by atoms with E-state index in [4.69, 9.17) is 18.6 Å². The molecule has 5 atom stereocenters. The van der Waals surface area contributed by atoms with Crippen LogP contribution in [0, 0.1) is 0 Å². The number of hydrogen-bond donors (Lipinski definition) is 2. The molecular formula is C35H44O8SSi. The number of carbonyl (C=O) groups is 2. The van der Waals surface area contributed by atoms with E-state index in [1.807, 2.05) is 71.9 Å². The maximum absolute atomic E-state index is 13.4. The normalized spacial score (nSPS) is 21.2. The average Bonchev–Trinajstić information content (AvgIpc) is 3.35. The Labute approximate surface area is 271 Å². The number of aliphatic hydroxyl groups excluding tert-OH is 1. The van der Waals surface area contributed by atoms with Crippen LogP contribution in [0.3, 0.4) is 0 Å². The number of rotatable bonds is 11. The molecular weight excluding hydrogens is 609 g/mol. The number of benzene rings is 3. The lowest BCUT2D eigenvalue weighted by atomic mass is 10.1. The summed E-state index contributed by atoms with van der Waals surface area (Å²) >= 11 is 1.41. The van der Waals surface area contributed by atoms with Crippen molar-refractivity contribution in [2.24, 2.45) is 0 Å². The number of carbonyl (C=O) groups excluding carboxylic acids is 2. The fourth-order valence-electron chi connectivity index (χ4n) is 5.46. The Bertz CT molecular complexity index is 1380. The zero-order valence-corrected chi connectivity index (χ0v) is 28.5. The van der Waals surface area contributed by atoms with E-state index in [-0.39, 0.29) is 0 Å². The van der Waals surface area contributed by atoms with Crippen molar-refractivity contribution in [1.82, 2.24) is 0 Å². The molecule has 0 aliphatic carbocycles. The SMILES string of the molecule is CC(C)(C)[Si](O)(O[C@H]1[C@H]([C@H](O)COC(=O)c2ccccc2)O[C@@H](SCc2ccccc2)[C@@H]1OC(=O)c1ccccc1)C(C)(C)C. The van der Waals surface area contributed by atoms with E-state index >= 15 is 0 Å². The Kier molecular flexibility index (Phi) is 11.3. The first-order chi connectivity index (χ1) is 21.2. The van der Waals surface area contributed by atoms with Gasteiger partial charge in [0, 0.05) is 15.8 Å². The fraction of sp³-hybridized carbons (Fsp3) is 0.429. The summed E-state index contributed by atoms with van der Waals surface area (Å²) in [6.45, 7) is 11.1. The van der Waals surface area contributed by atoms with Crippen molar-refractivity contribution in [3.63, 3.8) is 0 Å². The summed E-state index contributed by atoms with van der Waals surface area (Å²) in [5.74, 6) is -0.642. The molecule has 0 unspecified atom stereocenters. The number of hydrogen-bond acceptors (Lipinski definition) is 9. The number of thioether (sulfide) groups is 1. The van der Waals surface area contributed by atoms with Gasteiger partial charge >= 0.3 is 20.5 Å². The molecule has 1 aliphatic rings. The van der Waals surface area contributed by atoms with E-state index in [2.05, 4.69) is 0 Å². The molecule has 1 aliphatic heterocycles. The predicted octanol–water partition coefficient (Wildman–Crippen LogP) is 6.51. The maximum Gasteiger partial charge on any atom is 0.347 e. The molecule has 0 bridgehead atoms.